The van der Waals surface area contributed by atoms with Gasteiger partial charge >= 0.3 is 0 Å². The zero-order chi connectivity index (χ0) is 6.53. The van der Waals surface area contributed by atoms with Crippen molar-refractivity contribution in [3.63, 3.8) is 0 Å². The first-order valence-electron chi connectivity index (χ1n) is 3.11. The lowest BCUT2D eigenvalue weighted by Crippen LogP contribution is -1.96. The Balaban J connectivity index is 2.38. The molecule has 0 aliphatic heterocycles. The van der Waals surface area contributed by atoms with E-state index in [0.29, 0.717) is 0 Å². The van der Waals surface area contributed by atoms with E-state index in [1.807, 2.05) is 0 Å². The summed E-state index contributed by atoms with van der Waals surface area (Å²) >= 11 is 0. The molecular weight excluding hydrogens is 112 g/mol. The van der Waals surface area contributed by atoms with Crippen molar-refractivity contribution in [2.24, 2.45) is 0 Å². The first kappa shape index (κ1) is 6.56. The van der Waals surface area contributed by atoms with Gasteiger partial charge in [0.15, 0.2) is 0 Å². The largest absolute Gasteiger partial charge is 0.380 e. The highest BCUT2D eigenvalue weighted by molar-refractivity contribution is 5.26. The molecule has 0 atom stereocenters. The molecule has 1 nitrogen and oxygen atoms in total. The van der Waals surface area contributed by atoms with Crippen LogP contribution in [0.15, 0.2) is 23.8 Å². The minimum absolute atomic E-state index is 0.740. The van der Waals surface area contributed by atoms with Gasteiger partial charge in [0.2, 0.25) is 0 Å². The maximum absolute atomic E-state index is 4.95. The van der Waals surface area contributed by atoms with Crippen LogP contribution in [0.3, 0.4) is 0 Å². The molecule has 0 fully saturated rings. The third-order valence-electron chi connectivity index (χ3n) is 1.27. The average molecular weight is 123 g/mol. The van der Waals surface area contributed by atoms with Crippen molar-refractivity contribution in [2.75, 3.05) is 13.7 Å². The smallest absolute Gasteiger partial charge is 0.0679 e. The van der Waals surface area contributed by atoms with E-state index in [2.05, 4.69) is 24.6 Å². The van der Waals surface area contributed by atoms with Gasteiger partial charge in [-0.15, -0.1) is 0 Å². The van der Waals surface area contributed by atoms with E-state index < -0.39 is 0 Å². The van der Waals surface area contributed by atoms with Gasteiger partial charge in [-0.25, -0.2) is 0 Å². The Morgan fingerprint density at radius 3 is 3.11 bits per heavy atom. The normalized spacial score (nSPS) is 17.7. The molecule has 1 aliphatic carbocycles. The predicted octanol–water partition coefficient (Wildman–Crippen LogP) is 1.72. The van der Waals surface area contributed by atoms with Crippen LogP contribution in [0.5, 0.6) is 0 Å². The number of methoxy groups -OCH3 is 1. The van der Waals surface area contributed by atoms with Crippen molar-refractivity contribution in [2.45, 2.75) is 6.42 Å². The average Bonchev–Trinajstić information content (AvgIpc) is 1.91. The van der Waals surface area contributed by atoms with Crippen LogP contribution in [-0.2, 0) is 4.74 Å². The van der Waals surface area contributed by atoms with Gasteiger partial charge < -0.3 is 4.74 Å². The Morgan fingerprint density at radius 1 is 1.67 bits per heavy atom. The molecule has 1 aliphatic rings. The predicted molar refractivity (Wildman–Crippen MR) is 38.0 cm³/mol. The van der Waals surface area contributed by atoms with Crippen molar-refractivity contribution in [1.82, 2.24) is 0 Å². The van der Waals surface area contributed by atoms with Crippen LogP contribution in [0.25, 0.3) is 0 Å². The van der Waals surface area contributed by atoms with Gasteiger partial charge in [-0.1, -0.05) is 18.2 Å². The summed E-state index contributed by atoms with van der Waals surface area (Å²) in [5.74, 6) is 0. The summed E-state index contributed by atoms with van der Waals surface area (Å²) < 4.78 is 4.95. The summed E-state index contributed by atoms with van der Waals surface area (Å²) in [4.78, 5) is 0. The topological polar surface area (TPSA) is 9.23 Å². The lowest BCUT2D eigenvalue weighted by atomic mass is 10.1. The van der Waals surface area contributed by atoms with Crippen molar-refractivity contribution in [1.29, 1.82) is 0 Å². The first-order valence-corrected chi connectivity index (χ1v) is 3.11. The summed E-state index contributed by atoms with van der Waals surface area (Å²) in [5, 5.41) is 0. The Bertz CT molecular complexity index is 134. The summed E-state index contributed by atoms with van der Waals surface area (Å²) in [6.45, 7) is 0.740. The zero-order valence-electron chi connectivity index (χ0n) is 5.63. The fourth-order valence-electron chi connectivity index (χ4n) is 0.831. The number of ether oxygens (including phenoxy) is 1. The summed E-state index contributed by atoms with van der Waals surface area (Å²) in [5.41, 5.74) is 1.28. The molecule has 0 N–H and O–H groups in total. The Hall–Kier alpha value is -0.560. The molecule has 49 valence electrons. The second-order valence-corrected chi connectivity index (χ2v) is 2.04. The van der Waals surface area contributed by atoms with Crippen LogP contribution in [0.4, 0.5) is 0 Å². The lowest BCUT2D eigenvalue weighted by Gasteiger charge is -2.05. The standard InChI is InChI=1S/C8H11O/c1-9-7-8-5-3-2-4-6-8/h2-3,5-6H,4,7H2,1H3. The molecule has 0 heterocycles. The van der Waals surface area contributed by atoms with Gasteiger partial charge in [-0.3, -0.25) is 0 Å². The fourth-order valence-corrected chi connectivity index (χ4v) is 0.831. The van der Waals surface area contributed by atoms with E-state index in [0.717, 1.165) is 13.0 Å². The molecule has 0 saturated carbocycles. The van der Waals surface area contributed by atoms with E-state index in [1.54, 1.807) is 7.11 Å². The SMILES string of the molecule is COCC1=CC=CC[CH]1. The highest BCUT2D eigenvalue weighted by Crippen LogP contribution is 2.09. The maximum atomic E-state index is 4.95. The fraction of sp³-hybridized carbons (Fsp3) is 0.375. The molecule has 0 bridgehead atoms. The highest BCUT2D eigenvalue weighted by atomic mass is 16.5. The number of hydrogen-bond donors (Lipinski definition) is 0. The second kappa shape index (κ2) is 3.46. The third-order valence-corrected chi connectivity index (χ3v) is 1.27. The third kappa shape index (κ3) is 2.02. The summed E-state index contributed by atoms with van der Waals surface area (Å²) in [7, 11) is 1.72. The van der Waals surface area contributed by atoms with Gasteiger partial charge in [-0.2, -0.15) is 0 Å². The molecule has 0 spiro atoms. The van der Waals surface area contributed by atoms with E-state index >= 15 is 0 Å². The Kier molecular flexibility index (Phi) is 2.52. The van der Waals surface area contributed by atoms with Gasteiger partial charge in [0.1, 0.15) is 0 Å². The summed E-state index contributed by atoms with van der Waals surface area (Å²) in [6.07, 6.45) is 9.49. The van der Waals surface area contributed by atoms with Gasteiger partial charge in [0.25, 0.3) is 0 Å². The van der Waals surface area contributed by atoms with E-state index in [9.17, 15) is 0 Å². The van der Waals surface area contributed by atoms with E-state index in [1.165, 1.54) is 5.57 Å². The molecule has 0 aromatic rings. The highest BCUT2D eigenvalue weighted by Gasteiger charge is 1.96. The van der Waals surface area contributed by atoms with Crippen molar-refractivity contribution in [3.05, 3.63) is 30.2 Å². The van der Waals surface area contributed by atoms with Gasteiger partial charge in [0, 0.05) is 7.11 Å². The zero-order valence-corrected chi connectivity index (χ0v) is 5.63. The molecule has 0 unspecified atom stereocenters. The quantitative estimate of drug-likeness (QED) is 0.543. The maximum Gasteiger partial charge on any atom is 0.0679 e. The van der Waals surface area contributed by atoms with Crippen molar-refractivity contribution < 1.29 is 4.74 Å². The molecule has 1 heteroatoms. The Morgan fingerprint density at radius 2 is 2.56 bits per heavy atom. The van der Waals surface area contributed by atoms with Crippen molar-refractivity contribution >= 4 is 0 Å². The molecular formula is C8H11O. The van der Waals surface area contributed by atoms with Crippen LogP contribution < -0.4 is 0 Å². The first-order chi connectivity index (χ1) is 4.43. The molecule has 0 saturated heterocycles. The number of allylic oxidation sites excluding steroid dienone is 3. The van der Waals surface area contributed by atoms with Crippen LogP contribution in [-0.4, -0.2) is 13.7 Å². The molecule has 0 aromatic carbocycles. The van der Waals surface area contributed by atoms with Crippen molar-refractivity contribution in [3.8, 4) is 0 Å². The monoisotopic (exact) mass is 123 g/mol. The van der Waals surface area contributed by atoms with Gasteiger partial charge in [-0.05, 0) is 18.4 Å². The van der Waals surface area contributed by atoms with E-state index in [4.69, 9.17) is 4.74 Å². The number of rotatable bonds is 2. The van der Waals surface area contributed by atoms with Crippen LogP contribution in [0.1, 0.15) is 6.42 Å². The van der Waals surface area contributed by atoms with Gasteiger partial charge in [0.05, 0.1) is 6.61 Å². The van der Waals surface area contributed by atoms with E-state index in [-0.39, 0.29) is 0 Å². The molecule has 1 rings (SSSR count). The minimum Gasteiger partial charge on any atom is -0.380 e. The van der Waals surface area contributed by atoms with Crippen LogP contribution >= 0.6 is 0 Å². The van der Waals surface area contributed by atoms with Crippen LogP contribution in [0.2, 0.25) is 0 Å². The Labute approximate surface area is 56.0 Å². The molecule has 0 aromatic heterocycles. The summed E-state index contributed by atoms with van der Waals surface area (Å²) in [6, 6.07) is 0. The number of hydrogen-bond acceptors (Lipinski definition) is 1. The second-order valence-electron chi connectivity index (χ2n) is 2.04. The minimum atomic E-state index is 0.740. The molecule has 1 radical (unpaired) electrons. The van der Waals surface area contributed by atoms with Crippen LogP contribution in [0, 0.1) is 6.42 Å². The molecule has 0 amide bonds. The lowest BCUT2D eigenvalue weighted by molar-refractivity contribution is 0.226. The molecule has 9 heavy (non-hydrogen) atoms.